The fourth-order valence-corrected chi connectivity index (χ4v) is 2.70. The number of nitrogens with zero attached hydrogens (tertiary/aromatic N) is 2. The highest BCUT2D eigenvalue weighted by atomic mass is 32.1. The highest BCUT2D eigenvalue weighted by molar-refractivity contribution is 7.09. The van der Waals surface area contributed by atoms with Crippen LogP contribution in [-0.2, 0) is 6.54 Å². The van der Waals surface area contributed by atoms with E-state index in [1.165, 1.54) is 11.3 Å². The Labute approximate surface area is 103 Å². The summed E-state index contributed by atoms with van der Waals surface area (Å²) in [6.07, 6.45) is 2.30. The molecule has 3 nitrogen and oxygen atoms in total. The van der Waals surface area contributed by atoms with Crippen molar-refractivity contribution in [1.82, 2.24) is 9.88 Å². The summed E-state index contributed by atoms with van der Waals surface area (Å²) in [4.78, 5) is 7.99. The van der Waals surface area contributed by atoms with E-state index in [0.29, 0.717) is 6.54 Å². The standard InChI is InChI=1S/C12H23N3S/c1-5-6-12(3,8-13)15(4)7-11-10(2)14-9-16-11/h9H,5-8,13H2,1-4H3. The summed E-state index contributed by atoms with van der Waals surface area (Å²) in [5.74, 6) is 0. The third-order valence-electron chi connectivity index (χ3n) is 3.38. The Morgan fingerprint density at radius 3 is 2.69 bits per heavy atom. The lowest BCUT2D eigenvalue weighted by Crippen LogP contribution is -2.49. The smallest absolute Gasteiger partial charge is 0.0798 e. The number of hydrogen-bond donors (Lipinski definition) is 1. The Balaban J connectivity index is 2.69. The summed E-state index contributed by atoms with van der Waals surface area (Å²) in [6.45, 7) is 8.17. The first-order valence-electron chi connectivity index (χ1n) is 5.83. The van der Waals surface area contributed by atoms with Crippen LogP contribution >= 0.6 is 11.3 Å². The van der Waals surface area contributed by atoms with Crippen LogP contribution < -0.4 is 5.73 Å². The molecule has 0 aliphatic carbocycles. The number of hydrogen-bond acceptors (Lipinski definition) is 4. The molecule has 2 N–H and O–H groups in total. The van der Waals surface area contributed by atoms with E-state index in [9.17, 15) is 0 Å². The molecular weight excluding hydrogens is 218 g/mol. The molecule has 1 aromatic rings. The minimum absolute atomic E-state index is 0.102. The average Bonchev–Trinajstić information content (AvgIpc) is 2.64. The van der Waals surface area contributed by atoms with Gasteiger partial charge in [0.15, 0.2) is 0 Å². The van der Waals surface area contributed by atoms with Gasteiger partial charge in [-0.25, -0.2) is 4.98 Å². The molecule has 1 unspecified atom stereocenters. The van der Waals surface area contributed by atoms with Gasteiger partial charge in [0.2, 0.25) is 0 Å². The fourth-order valence-electron chi connectivity index (χ4n) is 1.87. The third-order valence-corrected chi connectivity index (χ3v) is 4.30. The fraction of sp³-hybridized carbons (Fsp3) is 0.750. The van der Waals surface area contributed by atoms with E-state index in [2.05, 4.69) is 37.7 Å². The predicted molar refractivity (Wildman–Crippen MR) is 70.7 cm³/mol. The van der Waals surface area contributed by atoms with E-state index in [1.807, 2.05) is 5.51 Å². The number of aromatic nitrogens is 1. The number of rotatable bonds is 6. The summed E-state index contributed by atoms with van der Waals surface area (Å²) < 4.78 is 0. The van der Waals surface area contributed by atoms with Crippen LogP contribution in [0, 0.1) is 6.92 Å². The first kappa shape index (κ1) is 13.6. The normalized spacial score (nSPS) is 15.4. The maximum atomic E-state index is 5.91. The molecule has 0 fully saturated rings. The van der Waals surface area contributed by atoms with Crippen LogP contribution in [0.4, 0.5) is 0 Å². The molecule has 0 spiro atoms. The van der Waals surface area contributed by atoms with Crippen LogP contribution in [0.25, 0.3) is 0 Å². The molecule has 0 saturated carbocycles. The molecule has 4 heteroatoms. The zero-order valence-electron chi connectivity index (χ0n) is 10.8. The largest absolute Gasteiger partial charge is 0.329 e. The average molecular weight is 241 g/mol. The van der Waals surface area contributed by atoms with Gasteiger partial charge in [0.05, 0.1) is 11.2 Å². The van der Waals surface area contributed by atoms with E-state index in [-0.39, 0.29) is 5.54 Å². The molecule has 0 radical (unpaired) electrons. The van der Waals surface area contributed by atoms with Crippen LogP contribution in [0.15, 0.2) is 5.51 Å². The number of likely N-dealkylation sites (N-methyl/N-ethyl adjacent to an activating group) is 1. The number of nitrogens with two attached hydrogens (primary N) is 1. The summed E-state index contributed by atoms with van der Waals surface area (Å²) in [6, 6.07) is 0. The van der Waals surface area contributed by atoms with Gasteiger partial charge in [-0.05, 0) is 27.3 Å². The Morgan fingerprint density at radius 2 is 2.25 bits per heavy atom. The van der Waals surface area contributed by atoms with Crippen LogP contribution in [-0.4, -0.2) is 29.0 Å². The SMILES string of the molecule is CCCC(C)(CN)N(C)Cc1scnc1C. The minimum Gasteiger partial charge on any atom is -0.329 e. The third kappa shape index (κ3) is 3.03. The molecule has 0 amide bonds. The quantitative estimate of drug-likeness (QED) is 0.831. The molecule has 0 aromatic carbocycles. The van der Waals surface area contributed by atoms with Gasteiger partial charge < -0.3 is 5.73 Å². The molecule has 0 aliphatic rings. The van der Waals surface area contributed by atoms with Crippen molar-refractivity contribution in [3.8, 4) is 0 Å². The van der Waals surface area contributed by atoms with Gasteiger partial charge in [-0.2, -0.15) is 0 Å². The monoisotopic (exact) mass is 241 g/mol. The summed E-state index contributed by atoms with van der Waals surface area (Å²) in [5.41, 5.74) is 9.07. The second-order valence-corrected chi connectivity index (χ2v) is 5.61. The molecule has 92 valence electrons. The molecular formula is C12H23N3S. The Morgan fingerprint density at radius 1 is 1.56 bits per heavy atom. The molecule has 0 bridgehead atoms. The molecule has 1 heterocycles. The van der Waals surface area contributed by atoms with Gasteiger partial charge in [0, 0.05) is 23.5 Å². The lowest BCUT2D eigenvalue weighted by molar-refractivity contribution is 0.126. The highest BCUT2D eigenvalue weighted by Crippen LogP contribution is 2.23. The Kier molecular flexibility index (Phi) is 4.89. The van der Waals surface area contributed by atoms with Gasteiger partial charge in [-0.15, -0.1) is 11.3 Å². The van der Waals surface area contributed by atoms with E-state index in [0.717, 1.165) is 18.7 Å². The van der Waals surface area contributed by atoms with Crippen molar-refractivity contribution in [3.63, 3.8) is 0 Å². The van der Waals surface area contributed by atoms with Crippen LogP contribution in [0.1, 0.15) is 37.3 Å². The van der Waals surface area contributed by atoms with E-state index < -0.39 is 0 Å². The van der Waals surface area contributed by atoms with Crippen LogP contribution in [0.2, 0.25) is 0 Å². The zero-order chi connectivity index (χ0) is 12.2. The summed E-state index contributed by atoms with van der Waals surface area (Å²) in [7, 11) is 2.15. The maximum absolute atomic E-state index is 5.91. The van der Waals surface area contributed by atoms with Gasteiger partial charge >= 0.3 is 0 Å². The van der Waals surface area contributed by atoms with Gasteiger partial charge in [0.1, 0.15) is 0 Å². The zero-order valence-corrected chi connectivity index (χ0v) is 11.6. The maximum Gasteiger partial charge on any atom is 0.0798 e. The van der Waals surface area contributed by atoms with Crippen molar-refractivity contribution in [1.29, 1.82) is 0 Å². The molecule has 0 aliphatic heterocycles. The highest BCUT2D eigenvalue weighted by Gasteiger charge is 2.27. The second-order valence-electron chi connectivity index (χ2n) is 4.67. The Hall–Kier alpha value is -0.450. The predicted octanol–water partition coefficient (Wildman–Crippen LogP) is 2.40. The van der Waals surface area contributed by atoms with Gasteiger partial charge in [-0.3, -0.25) is 4.90 Å². The first-order valence-corrected chi connectivity index (χ1v) is 6.71. The van der Waals surface area contributed by atoms with E-state index >= 15 is 0 Å². The molecule has 16 heavy (non-hydrogen) atoms. The lowest BCUT2D eigenvalue weighted by Gasteiger charge is -2.38. The Bertz CT molecular complexity index is 324. The molecule has 0 saturated heterocycles. The summed E-state index contributed by atoms with van der Waals surface area (Å²) >= 11 is 1.73. The van der Waals surface area contributed by atoms with Crippen molar-refractivity contribution in [2.75, 3.05) is 13.6 Å². The molecule has 1 atom stereocenters. The molecule has 1 rings (SSSR count). The lowest BCUT2D eigenvalue weighted by atomic mass is 9.94. The number of thiazole rings is 1. The van der Waals surface area contributed by atoms with Crippen molar-refractivity contribution >= 4 is 11.3 Å². The first-order chi connectivity index (χ1) is 7.53. The van der Waals surface area contributed by atoms with Gasteiger partial charge in [-0.1, -0.05) is 13.3 Å². The van der Waals surface area contributed by atoms with Crippen molar-refractivity contribution < 1.29 is 0 Å². The number of aryl methyl sites for hydroxylation is 1. The van der Waals surface area contributed by atoms with E-state index in [4.69, 9.17) is 5.73 Å². The van der Waals surface area contributed by atoms with Crippen molar-refractivity contribution in [2.45, 2.75) is 45.7 Å². The van der Waals surface area contributed by atoms with Crippen LogP contribution in [0.5, 0.6) is 0 Å². The van der Waals surface area contributed by atoms with E-state index in [1.54, 1.807) is 11.3 Å². The minimum atomic E-state index is 0.102. The van der Waals surface area contributed by atoms with Crippen molar-refractivity contribution in [3.05, 3.63) is 16.1 Å². The van der Waals surface area contributed by atoms with Crippen LogP contribution in [0.3, 0.4) is 0 Å². The van der Waals surface area contributed by atoms with Crippen molar-refractivity contribution in [2.24, 2.45) is 5.73 Å². The van der Waals surface area contributed by atoms with Gasteiger partial charge in [0.25, 0.3) is 0 Å². The molecule has 1 aromatic heterocycles. The topological polar surface area (TPSA) is 42.1 Å². The second kappa shape index (κ2) is 5.75. The summed E-state index contributed by atoms with van der Waals surface area (Å²) in [5, 5.41) is 0.